The van der Waals surface area contributed by atoms with Gasteiger partial charge in [-0.1, -0.05) is 26.0 Å². The minimum absolute atomic E-state index is 0.124. The topological polar surface area (TPSA) is 66.4 Å². The van der Waals surface area contributed by atoms with Crippen LogP contribution < -0.4 is 4.74 Å². The first-order valence-electron chi connectivity index (χ1n) is 7.17. The summed E-state index contributed by atoms with van der Waals surface area (Å²) in [4.78, 5) is -2.22. The number of rotatable bonds is 5. The zero-order valence-electron chi connectivity index (χ0n) is 13.1. The molecule has 0 saturated heterocycles. The van der Waals surface area contributed by atoms with Crippen LogP contribution in [0.2, 0.25) is 0 Å². The van der Waals surface area contributed by atoms with E-state index in [1.807, 2.05) is 13.8 Å². The highest BCUT2D eigenvalue weighted by atomic mass is 32.2. The number of benzene rings is 2. The SMILES string of the molecule is CCC(C)c1ccc(Oc2c(F)c(F)c(S(=O)(=O)[O-])c(F)c2F)cc1. The average Bonchev–Trinajstić information content (AvgIpc) is 2.55. The van der Waals surface area contributed by atoms with Gasteiger partial charge < -0.3 is 9.29 Å². The van der Waals surface area contributed by atoms with Crippen LogP contribution in [0.4, 0.5) is 17.6 Å². The molecular formula is C16H13F4O4S-. The summed E-state index contributed by atoms with van der Waals surface area (Å²) >= 11 is 0. The second-order valence-corrected chi connectivity index (χ2v) is 6.67. The third-order valence-electron chi connectivity index (χ3n) is 3.71. The van der Waals surface area contributed by atoms with Crippen molar-refractivity contribution in [3.8, 4) is 11.5 Å². The van der Waals surface area contributed by atoms with Gasteiger partial charge in [0.2, 0.25) is 17.4 Å². The molecule has 1 unspecified atom stereocenters. The van der Waals surface area contributed by atoms with Gasteiger partial charge in [-0.3, -0.25) is 0 Å². The second-order valence-electron chi connectivity index (χ2n) is 5.35. The first kappa shape index (κ1) is 19.2. The first-order chi connectivity index (χ1) is 11.6. The van der Waals surface area contributed by atoms with Gasteiger partial charge in [-0.25, -0.2) is 17.2 Å². The summed E-state index contributed by atoms with van der Waals surface area (Å²) in [6.45, 7) is 3.93. The molecule has 0 fully saturated rings. The van der Waals surface area contributed by atoms with Gasteiger partial charge in [-0.2, -0.15) is 8.78 Å². The van der Waals surface area contributed by atoms with E-state index in [1.54, 1.807) is 12.1 Å². The fourth-order valence-electron chi connectivity index (χ4n) is 2.12. The van der Waals surface area contributed by atoms with Crippen molar-refractivity contribution in [1.82, 2.24) is 0 Å². The minimum Gasteiger partial charge on any atom is -0.744 e. The minimum atomic E-state index is -5.75. The molecule has 2 aromatic carbocycles. The Labute approximate surface area is 141 Å². The Hall–Kier alpha value is -2.13. The second kappa shape index (κ2) is 7.01. The van der Waals surface area contributed by atoms with E-state index in [9.17, 15) is 30.5 Å². The third-order valence-corrected chi connectivity index (χ3v) is 4.57. The molecule has 0 aromatic heterocycles. The fourth-order valence-corrected chi connectivity index (χ4v) is 2.74. The standard InChI is InChI=1S/C16H14F4O4S/c1-3-8(2)9-4-6-10(7-5-9)24-15-11(17)13(19)16(25(21,22)23)14(20)12(15)18/h4-8H,3H2,1-2H3,(H,21,22,23)/p-1. The first-order valence-corrected chi connectivity index (χ1v) is 8.58. The summed E-state index contributed by atoms with van der Waals surface area (Å²) in [5, 5.41) is 0. The number of ether oxygens (including phenoxy) is 1. The maximum absolute atomic E-state index is 13.9. The van der Waals surface area contributed by atoms with Crippen molar-refractivity contribution in [3.05, 3.63) is 53.1 Å². The van der Waals surface area contributed by atoms with E-state index in [0.29, 0.717) is 0 Å². The lowest BCUT2D eigenvalue weighted by molar-refractivity contribution is 0.345. The fraction of sp³-hybridized carbons (Fsp3) is 0.250. The van der Waals surface area contributed by atoms with Gasteiger partial charge in [0.05, 0.1) is 0 Å². The van der Waals surface area contributed by atoms with Crippen LogP contribution in [0.15, 0.2) is 29.2 Å². The smallest absolute Gasteiger partial charge is 0.205 e. The number of halogens is 4. The zero-order chi connectivity index (χ0) is 18.9. The molecule has 25 heavy (non-hydrogen) atoms. The van der Waals surface area contributed by atoms with Crippen molar-refractivity contribution in [2.75, 3.05) is 0 Å². The highest BCUT2D eigenvalue weighted by molar-refractivity contribution is 7.85. The van der Waals surface area contributed by atoms with Crippen LogP contribution in [0.3, 0.4) is 0 Å². The Morgan fingerprint density at radius 2 is 1.48 bits per heavy atom. The van der Waals surface area contributed by atoms with Crippen molar-refractivity contribution in [2.24, 2.45) is 0 Å². The van der Waals surface area contributed by atoms with Crippen LogP contribution in [0.25, 0.3) is 0 Å². The predicted octanol–water partition coefficient (Wildman–Crippen LogP) is 4.45. The molecule has 2 rings (SSSR count). The van der Waals surface area contributed by atoms with Gasteiger partial charge in [0.15, 0.2) is 11.6 Å². The Morgan fingerprint density at radius 3 is 1.88 bits per heavy atom. The van der Waals surface area contributed by atoms with E-state index in [0.717, 1.165) is 12.0 Å². The largest absolute Gasteiger partial charge is 0.744 e. The lowest BCUT2D eigenvalue weighted by atomic mass is 9.99. The Bertz CT molecular complexity index is 866. The van der Waals surface area contributed by atoms with Gasteiger partial charge >= 0.3 is 0 Å². The highest BCUT2D eigenvalue weighted by Crippen LogP contribution is 2.35. The lowest BCUT2D eigenvalue weighted by Crippen LogP contribution is -2.11. The van der Waals surface area contributed by atoms with Crippen LogP contribution in [0.1, 0.15) is 31.7 Å². The third kappa shape index (κ3) is 3.77. The van der Waals surface area contributed by atoms with E-state index in [2.05, 4.69) is 0 Å². The molecule has 0 aliphatic heterocycles. The number of hydrogen-bond donors (Lipinski definition) is 0. The molecular weight excluding hydrogens is 364 g/mol. The van der Waals surface area contributed by atoms with E-state index in [-0.39, 0.29) is 11.7 Å². The molecule has 0 amide bonds. The molecule has 2 aromatic rings. The van der Waals surface area contributed by atoms with Crippen molar-refractivity contribution in [1.29, 1.82) is 0 Å². The quantitative estimate of drug-likeness (QED) is 0.439. The van der Waals surface area contributed by atoms with Crippen LogP contribution in [0.5, 0.6) is 11.5 Å². The van der Waals surface area contributed by atoms with Crippen molar-refractivity contribution in [2.45, 2.75) is 31.1 Å². The molecule has 0 heterocycles. The van der Waals surface area contributed by atoms with Gasteiger partial charge in [0.25, 0.3) is 0 Å². The molecule has 0 aliphatic rings. The summed E-state index contributed by atoms with van der Waals surface area (Å²) in [7, 11) is -5.75. The van der Waals surface area contributed by atoms with Crippen molar-refractivity contribution < 1.29 is 35.3 Å². The van der Waals surface area contributed by atoms with Crippen molar-refractivity contribution >= 4 is 10.1 Å². The maximum atomic E-state index is 13.9. The van der Waals surface area contributed by atoms with Crippen LogP contribution in [-0.2, 0) is 10.1 Å². The van der Waals surface area contributed by atoms with E-state index < -0.39 is 44.0 Å². The van der Waals surface area contributed by atoms with Crippen LogP contribution in [-0.4, -0.2) is 13.0 Å². The molecule has 136 valence electrons. The highest BCUT2D eigenvalue weighted by Gasteiger charge is 2.30. The number of hydrogen-bond acceptors (Lipinski definition) is 4. The van der Waals surface area contributed by atoms with Crippen molar-refractivity contribution in [3.63, 3.8) is 0 Å². The summed E-state index contributed by atoms with van der Waals surface area (Å²) in [5.41, 5.74) is 0.918. The molecule has 0 radical (unpaired) electrons. The van der Waals surface area contributed by atoms with Gasteiger partial charge in [-0.05, 0) is 30.0 Å². The molecule has 0 N–H and O–H groups in total. The Kier molecular flexibility index (Phi) is 5.38. The van der Waals surface area contributed by atoms with Crippen LogP contribution in [0, 0.1) is 23.3 Å². The summed E-state index contributed by atoms with van der Waals surface area (Å²) in [6, 6.07) is 5.91. The maximum Gasteiger partial charge on any atom is 0.205 e. The van der Waals surface area contributed by atoms with Gasteiger partial charge in [0.1, 0.15) is 20.8 Å². The molecule has 0 saturated carbocycles. The van der Waals surface area contributed by atoms with E-state index in [1.165, 1.54) is 12.1 Å². The molecule has 0 aliphatic carbocycles. The summed E-state index contributed by atoms with van der Waals surface area (Å²) in [5.74, 6) is -10.3. The molecule has 0 spiro atoms. The monoisotopic (exact) mass is 377 g/mol. The molecule has 0 bridgehead atoms. The molecule has 4 nitrogen and oxygen atoms in total. The summed E-state index contributed by atoms with van der Waals surface area (Å²) in [6.07, 6.45) is 0.852. The lowest BCUT2D eigenvalue weighted by Gasteiger charge is -2.15. The zero-order valence-corrected chi connectivity index (χ0v) is 14.0. The van der Waals surface area contributed by atoms with E-state index in [4.69, 9.17) is 4.74 Å². The van der Waals surface area contributed by atoms with E-state index >= 15 is 0 Å². The van der Waals surface area contributed by atoms with Gasteiger partial charge in [0, 0.05) is 0 Å². The Balaban J connectivity index is 2.48. The predicted molar refractivity (Wildman–Crippen MR) is 79.5 cm³/mol. The normalized spacial score (nSPS) is 12.9. The molecule has 9 heteroatoms. The average molecular weight is 377 g/mol. The van der Waals surface area contributed by atoms with Crippen LogP contribution >= 0.6 is 0 Å². The summed E-state index contributed by atoms with van der Waals surface area (Å²) < 4.78 is 92.2. The molecule has 1 atom stereocenters. The Morgan fingerprint density at radius 1 is 1.00 bits per heavy atom. The van der Waals surface area contributed by atoms with Gasteiger partial charge in [-0.15, -0.1) is 0 Å².